The summed E-state index contributed by atoms with van der Waals surface area (Å²) in [5.41, 5.74) is 7.70. The summed E-state index contributed by atoms with van der Waals surface area (Å²) in [5, 5.41) is 5.67. The van der Waals surface area contributed by atoms with Crippen LogP contribution in [-0.2, 0) is 0 Å². The number of rotatable bonds is 2. The van der Waals surface area contributed by atoms with Gasteiger partial charge in [-0.2, -0.15) is 0 Å². The standard InChI is InChI=1S/C25H18N4/c1-2-9-23-22(8-1)28-16-29(23)21-7-3-5-18(14-21)20-13-19-11-10-17-6-4-12-26-24(17)25(19)27-15-20/h1-15,28H,16H2. The molecule has 1 aliphatic rings. The summed E-state index contributed by atoms with van der Waals surface area (Å²) in [6, 6.07) is 27.5. The van der Waals surface area contributed by atoms with Gasteiger partial charge in [0.2, 0.25) is 0 Å². The largest absolute Gasteiger partial charge is 0.366 e. The molecule has 0 bridgehead atoms. The molecule has 0 fully saturated rings. The molecule has 29 heavy (non-hydrogen) atoms. The highest BCUT2D eigenvalue weighted by molar-refractivity contribution is 6.03. The Morgan fingerprint density at radius 2 is 1.62 bits per heavy atom. The zero-order chi connectivity index (χ0) is 19.2. The number of fused-ring (bicyclic) bond motifs is 4. The monoisotopic (exact) mass is 374 g/mol. The van der Waals surface area contributed by atoms with Gasteiger partial charge in [0.25, 0.3) is 0 Å². The average molecular weight is 374 g/mol. The van der Waals surface area contributed by atoms with E-state index in [0.717, 1.165) is 39.6 Å². The van der Waals surface area contributed by atoms with Crippen molar-refractivity contribution in [2.24, 2.45) is 0 Å². The molecule has 3 heterocycles. The second-order valence-electron chi connectivity index (χ2n) is 7.27. The predicted molar refractivity (Wildman–Crippen MR) is 120 cm³/mol. The molecular weight excluding hydrogens is 356 g/mol. The van der Waals surface area contributed by atoms with Crippen LogP contribution >= 0.6 is 0 Å². The van der Waals surface area contributed by atoms with Crippen LogP contribution in [0.15, 0.2) is 91.3 Å². The first kappa shape index (κ1) is 16.1. The number of anilines is 3. The van der Waals surface area contributed by atoms with Crippen LogP contribution in [0.4, 0.5) is 17.1 Å². The fraction of sp³-hybridized carbons (Fsp3) is 0.0400. The third-order valence-electron chi connectivity index (χ3n) is 5.54. The molecule has 6 rings (SSSR count). The summed E-state index contributed by atoms with van der Waals surface area (Å²) >= 11 is 0. The Hall–Kier alpha value is -3.92. The number of para-hydroxylation sites is 2. The first-order valence-electron chi connectivity index (χ1n) is 9.71. The topological polar surface area (TPSA) is 41.1 Å². The molecule has 0 saturated carbocycles. The van der Waals surface area contributed by atoms with Gasteiger partial charge in [-0.05, 0) is 42.0 Å². The highest BCUT2D eigenvalue weighted by Gasteiger charge is 2.19. The molecular formula is C25H18N4. The average Bonchev–Trinajstić information content (AvgIpc) is 3.23. The molecule has 1 aliphatic heterocycles. The normalized spacial score (nSPS) is 12.9. The molecule has 3 aromatic carbocycles. The van der Waals surface area contributed by atoms with E-state index in [2.05, 4.69) is 88.0 Å². The Morgan fingerprint density at radius 3 is 2.62 bits per heavy atom. The molecule has 0 unspecified atom stereocenters. The van der Waals surface area contributed by atoms with Crippen LogP contribution in [0.2, 0.25) is 0 Å². The van der Waals surface area contributed by atoms with Crippen molar-refractivity contribution >= 4 is 38.9 Å². The lowest BCUT2D eigenvalue weighted by Crippen LogP contribution is -2.16. The molecule has 5 aromatic rings. The van der Waals surface area contributed by atoms with Crippen LogP contribution in [0.3, 0.4) is 0 Å². The van der Waals surface area contributed by atoms with Gasteiger partial charge in [-0.3, -0.25) is 9.97 Å². The molecule has 0 saturated heterocycles. The van der Waals surface area contributed by atoms with Crippen molar-refractivity contribution in [2.75, 3.05) is 16.9 Å². The van der Waals surface area contributed by atoms with Gasteiger partial charge in [0.1, 0.15) is 0 Å². The highest BCUT2D eigenvalue weighted by Crippen LogP contribution is 2.38. The van der Waals surface area contributed by atoms with Crippen molar-refractivity contribution in [2.45, 2.75) is 0 Å². The maximum Gasteiger partial charge on any atom is 0.0964 e. The van der Waals surface area contributed by atoms with E-state index in [-0.39, 0.29) is 0 Å². The van der Waals surface area contributed by atoms with Crippen molar-refractivity contribution in [1.29, 1.82) is 0 Å². The van der Waals surface area contributed by atoms with E-state index in [0.29, 0.717) is 0 Å². The zero-order valence-electron chi connectivity index (χ0n) is 15.7. The van der Waals surface area contributed by atoms with Gasteiger partial charge < -0.3 is 10.2 Å². The number of hydrogen-bond acceptors (Lipinski definition) is 4. The SMILES string of the molecule is c1cc(-c2cnc3c(ccc4cccnc43)c2)cc(N2CNc3ccccc32)c1. The Morgan fingerprint density at radius 1 is 0.724 bits per heavy atom. The quantitative estimate of drug-likeness (QED) is 0.386. The van der Waals surface area contributed by atoms with Crippen molar-refractivity contribution in [3.63, 3.8) is 0 Å². The lowest BCUT2D eigenvalue weighted by molar-refractivity contribution is 1.10. The fourth-order valence-electron chi connectivity index (χ4n) is 4.09. The Kier molecular flexibility index (Phi) is 3.50. The second-order valence-corrected chi connectivity index (χ2v) is 7.27. The van der Waals surface area contributed by atoms with Crippen molar-refractivity contribution in [3.05, 3.63) is 91.3 Å². The first-order valence-corrected chi connectivity index (χ1v) is 9.71. The van der Waals surface area contributed by atoms with Gasteiger partial charge in [-0.1, -0.05) is 42.5 Å². The maximum absolute atomic E-state index is 4.76. The summed E-state index contributed by atoms with van der Waals surface area (Å²) in [5.74, 6) is 0. The van der Waals surface area contributed by atoms with Gasteiger partial charge >= 0.3 is 0 Å². The Labute approximate surface area is 168 Å². The number of benzene rings is 3. The molecule has 2 aromatic heterocycles. The predicted octanol–water partition coefficient (Wildman–Crippen LogP) is 5.97. The summed E-state index contributed by atoms with van der Waals surface area (Å²) in [4.78, 5) is 11.6. The molecule has 1 N–H and O–H groups in total. The van der Waals surface area contributed by atoms with E-state index in [1.54, 1.807) is 0 Å². The number of hydrogen-bond donors (Lipinski definition) is 1. The summed E-state index contributed by atoms with van der Waals surface area (Å²) in [6.45, 7) is 0.774. The van der Waals surface area contributed by atoms with Crippen molar-refractivity contribution < 1.29 is 0 Å². The van der Waals surface area contributed by atoms with Crippen LogP contribution < -0.4 is 10.2 Å². The number of aromatic nitrogens is 2. The molecule has 0 spiro atoms. The Bertz CT molecular complexity index is 1380. The maximum atomic E-state index is 4.76. The fourth-order valence-corrected chi connectivity index (χ4v) is 4.09. The van der Waals surface area contributed by atoms with Gasteiger partial charge in [0.05, 0.1) is 29.1 Å². The lowest BCUT2D eigenvalue weighted by atomic mass is 10.0. The van der Waals surface area contributed by atoms with Crippen LogP contribution in [0.25, 0.3) is 32.9 Å². The minimum absolute atomic E-state index is 0.774. The van der Waals surface area contributed by atoms with Crippen LogP contribution in [0.5, 0.6) is 0 Å². The minimum atomic E-state index is 0.774. The third kappa shape index (κ3) is 2.61. The van der Waals surface area contributed by atoms with Crippen LogP contribution in [-0.4, -0.2) is 16.6 Å². The third-order valence-corrected chi connectivity index (χ3v) is 5.54. The first-order chi connectivity index (χ1) is 14.4. The van der Waals surface area contributed by atoms with Gasteiger partial charge in [0.15, 0.2) is 0 Å². The molecule has 0 atom stereocenters. The van der Waals surface area contributed by atoms with E-state index >= 15 is 0 Å². The molecule has 0 radical (unpaired) electrons. The highest BCUT2D eigenvalue weighted by atomic mass is 15.3. The van der Waals surface area contributed by atoms with Crippen LogP contribution in [0, 0.1) is 0 Å². The van der Waals surface area contributed by atoms with E-state index in [1.807, 2.05) is 18.5 Å². The van der Waals surface area contributed by atoms with E-state index < -0.39 is 0 Å². The van der Waals surface area contributed by atoms with Crippen LogP contribution in [0.1, 0.15) is 0 Å². The minimum Gasteiger partial charge on any atom is -0.366 e. The van der Waals surface area contributed by atoms with E-state index in [4.69, 9.17) is 4.98 Å². The summed E-state index contributed by atoms with van der Waals surface area (Å²) < 4.78 is 0. The molecule has 4 heteroatoms. The second kappa shape index (κ2) is 6.31. The van der Waals surface area contributed by atoms with Crippen molar-refractivity contribution in [1.82, 2.24) is 9.97 Å². The van der Waals surface area contributed by atoms with Gasteiger partial charge in [-0.25, -0.2) is 0 Å². The smallest absolute Gasteiger partial charge is 0.0964 e. The van der Waals surface area contributed by atoms with E-state index in [1.165, 1.54) is 17.1 Å². The van der Waals surface area contributed by atoms with Gasteiger partial charge in [0, 0.05) is 34.4 Å². The summed E-state index contributed by atoms with van der Waals surface area (Å²) in [7, 11) is 0. The van der Waals surface area contributed by atoms with Gasteiger partial charge in [-0.15, -0.1) is 0 Å². The zero-order valence-corrected chi connectivity index (χ0v) is 15.7. The Balaban J connectivity index is 1.44. The number of nitrogens with one attached hydrogen (secondary N) is 1. The molecule has 0 amide bonds. The van der Waals surface area contributed by atoms with Crippen molar-refractivity contribution in [3.8, 4) is 11.1 Å². The molecule has 4 nitrogen and oxygen atoms in total. The number of pyridine rings is 2. The number of nitrogens with zero attached hydrogens (tertiary/aromatic N) is 3. The molecule has 0 aliphatic carbocycles. The lowest BCUT2D eigenvalue weighted by Gasteiger charge is -2.19. The summed E-state index contributed by atoms with van der Waals surface area (Å²) in [6.07, 6.45) is 3.77. The van der Waals surface area contributed by atoms with E-state index in [9.17, 15) is 0 Å². The molecule has 138 valence electrons.